The first-order valence-corrected chi connectivity index (χ1v) is 5.52. The van der Waals surface area contributed by atoms with Crippen molar-refractivity contribution in [2.75, 3.05) is 12.3 Å². The average Bonchev–Trinajstić information content (AvgIpc) is 2.53. The van der Waals surface area contributed by atoms with Gasteiger partial charge in [0.2, 0.25) is 0 Å². The first-order chi connectivity index (χ1) is 7.63. The number of aromatic nitrogens is 2. The highest BCUT2D eigenvalue weighted by Gasteiger charge is 2.19. The monoisotopic (exact) mass is 283 g/mol. The van der Waals surface area contributed by atoms with Crippen LogP contribution in [0.2, 0.25) is 0 Å². The molecule has 3 N–H and O–H groups in total. The summed E-state index contributed by atoms with van der Waals surface area (Å²) in [6, 6.07) is 1.81. The fourth-order valence-corrected chi connectivity index (χ4v) is 1.81. The molecule has 0 atom stereocenters. The summed E-state index contributed by atoms with van der Waals surface area (Å²) < 4.78 is 5.73. The molecule has 0 saturated heterocycles. The van der Waals surface area contributed by atoms with Crippen LogP contribution in [0.5, 0.6) is 0 Å². The Morgan fingerprint density at radius 3 is 3.12 bits per heavy atom. The number of H-pyrrole nitrogens is 1. The lowest BCUT2D eigenvalue weighted by Gasteiger charge is -2.00. The summed E-state index contributed by atoms with van der Waals surface area (Å²) in [7, 11) is 0. The fourth-order valence-electron chi connectivity index (χ4n) is 1.48. The van der Waals surface area contributed by atoms with Gasteiger partial charge < -0.3 is 15.5 Å². The molecule has 0 aliphatic rings. The van der Waals surface area contributed by atoms with Crippen LogP contribution < -0.4 is 5.73 Å². The van der Waals surface area contributed by atoms with Crippen molar-refractivity contribution < 1.29 is 9.53 Å². The van der Waals surface area contributed by atoms with E-state index in [1.165, 1.54) is 0 Å². The summed E-state index contributed by atoms with van der Waals surface area (Å²) >= 11 is 3.29. The second-order valence-corrected chi connectivity index (χ2v) is 4.10. The van der Waals surface area contributed by atoms with Crippen molar-refractivity contribution in [1.82, 2.24) is 9.97 Å². The van der Waals surface area contributed by atoms with E-state index in [9.17, 15) is 4.79 Å². The smallest absolute Gasteiger partial charge is 0.344 e. The number of fused-ring (bicyclic) bond motifs is 1. The second kappa shape index (κ2) is 4.13. The molecule has 6 heteroatoms. The highest BCUT2D eigenvalue weighted by Crippen LogP contribution is 2.25. The second-order valence-electron chi connectivity index (χ2n) is 3.18. The van der Waals surface area contributed by atoms with Crippen LogP contribution in [0, 0.1) is 0 Å². The molecule has 16 heavy (non-hydrogen) atoms. The van der Waals surface area contributed by atoms with Crippen LogP contribution in [0.4, 0.5) is 5.82 Å². The maximum Gasteiger partial charge on any atom is 0.344 e. The molecule has 84 valence electrons. The topological polar surface area (TPSA) is 81.0 Å². The number of nitrogens with zero attached hydrogens (tertiary/aromatic N) is 1. The van der Waals surface area contributed by atoms with E-state index in [-0.39, 0.29) is 5.82 Å². The number of nitrogen functional groups attached to an aromatic ring is 1. The molecule has 2 aromatic rings. The molecule has 0 saturated carbocycles. The molecule has 0 aliphatic heterocycles. The van der Waals surface area contributed by atoms with Gasteiger partial charge in [0.05, 0.1) is 12.1 Å². The van der Waals surface area contributed by atoms with Gasteiger partial charge >= 0.3 is 5.97 Å². The van der Waals surface area contributed by atoms with Gasteiger partial charge in [-0.05, 0) is 28.9 Å². The summed E-state index contributed by atoms with van der Waals surface area (Å²) in [4.78, 5) is 18.7. The number of halogens is 1. The fraction of sp³-hybridized carbons (Fsp3) is 0.200. The number of carbonyl (C=O) groups is 1. The van der Waals surface area contributed by atoms with Gasteiger partial charge in [0, 0.05) is 10.7 Å². The summed E-state index contributed by atoms with van der Waals surface area (Å²) in [6.07, 6.45) is 1.61. The van der Waals surface area contributed by atoms with Crippen LogP contribution in [0.25, 0.3) is 11.0 Å². The lowest BCUT2D eigenvalue weighted by atomic mass is 10.2. The Labute approximate surface area is 100 Å². The number of rotatable bonds is 2. The molecule has 2 heterocycles. The van der Waals surface area contributed by atoms with Crippen molar-refractivity contribution >= 4 is 38.8 Å². The number of anilines is 1. The van der Waals surface area contributed by atoms with Crippen LogP contribution in [0.15, 0.2) is 16.7 Å². The van der Waals surface area contributed by atoms with Crippen molar-refractivity contribution in [3.8, 4) is 0 Å². The van der Waals surface area contributed by atoms with Crippen LogP contribution in [0.1, 0.15) is 17.3 Å². The van der Waals surface area contributed by atoms with Crippen molar-refractivity contribution in [3.63, 3.8) is 0 Å². The Bertz CT molecular complexity index is 550. The van der Waals surface area contributed by atoms with Crippen molar-refractivity contribution in [2.45, 2.75) is 6.92 Å². The normalized spacial score (nSPS) is 10.6. The van der Waals surface area contributed by atoms with Crippen LogP contribution in [0.3, 0.4) is 0 Å². The van der Waals surface area contributed by atoms with Gasteiger partial charge in [-0.15, -0.1) is 0 Å². The number of nitrogens with two attached hydrogens (primary N) is 1. The van der Waals surface area contributed by atoms with Gasteiger partial charge in [-0.25, -0.2) is 4.79 Å². The van der Waals surface area contributed by atoms with E-state index in [0.29, 0.717) is 23.2 Å². The molecule has 0 unspecified atom stereocenters. The van der Waals surface area contributed by atoms with Crippen molar-refractivity contribution in [3.05, 3.63) is 22.3 Å². The number of carbonyl (C=O) groups excluding carboxylic acids is 1. The largest absolute Gasteiger partial charge is 0.462 e. The third-order valence-corrected chi connectivity index (χ3v) is 2.54. The highest BCUT2D eigenvalue weighted by atomic mass is 79.9. The minimum absolute atomic E-state index is 0.277. The molecule has 2 aromatic heterocycles. The summed E-state index contributed by atoms with van der Waals surface area (Å²) in [5.41, 5.74) is 7.25. The molecule has 0 aromatic carbocycles. The van der Waals surface area contributed by atoms with E-state index in [0.717, 1.165) is 4.47 Å². The first-order valence-electron chi connectivity index (χ1n) is 4.73. The molecule has 0 bridgehead atoms. The zero-order chi connectivity index (χ0) is 11.7. The van der Waals surface area contributed by atoms with E-state index < -0.39 is 5.97 Å². The van der Waals surface area contributed by atoms with Crippen LogP contribution in [-0.2, 0) is 4.74 Å². The Morgan fingerprint density at radius 2 is 2.44 bits per heavy atom. The Balaban J connectivity index is 2.60. The van der Waals surface area contributed by atoms with E-state index in [2.05, 4.69) is 25.9 Å². The third-order valence-electron chi connectivity index (χ3n) is 2.11. The number of nitrogens with one attached hydrogen (secondary N) is 1. The van der Waals surface area contributed by atoms with Crippen LogP contribution >= 0.6 is 15.9 Å². The first kappa shape index (κ1) is 10.9. The van der Waals surface area contributed by atoms with Gasteiger partial charge in [-0.3, -0.25) is 4.98 Å². The SMILES string of the molecule is CCOC(=O)c1c(N)[nH]c2cc(Br)cnc12. The maximum absolute atomic E-state index is 11.7. The molecule has 0 amide bonds. The number of hydrogen-bond acceptors (Lipinski definition) is 4. The molecule has 5 nitrogen and oxygen atoms in total. The minimum atomic E-state index is -0.457. The summed E-state index contributed by atoms with van der Waals surface area (Å²) in [5, 5.41) is 0. The number of hydrogen-bond donors (Lipinski definition) is 2. The number of esters is 1. The van der Waals surface area contributed by atoms with Gasteiger partial charge in [0.1, 0.15) is 16.9 Å². The predicted molar refractivity (Wildman–Crippen MR) is 64.2 cm³/mol. The van der Waals surface area contributed by atoms with Gasteiger partial charge in [0.25, 0.3) is 0 Å². The standard InChI is InChI=1S/C10H10BrN3O2/c1-2-16-10(15)7-8-6(14-9(7)12)3-5(11)4-13-8/h3-4,14H,2,12H2,1H3. The van der Waals surface area contributed by atoms with E-state index >= 15 is 0 Å². The lowest BCUT2D eigenvalue weighted by molar-refractivity contribution is 0.0530. The van der Waals surface area contributed by atoms with Crippen molar-refractivity contribution in [1.29, 1.82) is 0 Å². The summed E-state index contributed by atoms with van der Waals surface area (Å²) in [6.45, 7) is 2.05. The Morgan fingerprint density at radius 1 is 1.69 bits per heavy atom. The van der Waals surface area contributed by atoms with Gasteiger partial charge in [0.15, 0.2) is 0 Å². The molecule has 0 spiro atoms. The van der Waals surface area contributed by atoms with E-state index in [4.69, 9.17) is 10.5 Å². The third kappa shape index (κ3) is 1.76. The minimum Gasteiger partial charge on any atom is -0.462 e. The predicted octanol–water partition coefficient (Wildman–Crippen LogP) is 2.08. The molecular weight excluding hydrogens is 274 g/mol. The number of pyridine rings is 1. The maximum atomic E-state index is 11.7. The average molecular weight is 284 g/mol. The number of ether oxygens (including phenoxy) is 1. The van der Waals surface area contributed by atoms with E-state index in [1.54, 1.807) is 19.2 Å². The summed E-state index contributed by atoms with van der Waals surface area (Å²) in [5.74, 6) is -0.180. The zero-order valence-electron chi connectivity index (χ0n) is 8.58. The molecule has 0 radical (unpaired) electrons. The molecular formula is C10H10BrN3O2. The van der Waals surface area contributed by atoms with Crippen molar-refractivity contribution in [2.24, 2.45) is 0 Å². The number of aromatic amines is 1. The molecule has 2 rings (SSSR count). The van der Waals surface area contributed by atoms with Gasteiger partial charge in [-0.2, -0.15) is 0 Å². The van der Waals surface area contributed by atoms with Gasteiger partial charge in [-0.1, -0.05) is 0 Å². The van der Waals surface area contributed by atoms with E-state index in [1.807, 2.05) is 0 Å². The highest BCUT2D eigenvalue weighted by molar-refractivity contribution is 9.10. The molecule has 0 fully saturated rings. The Kier molecular flexibility index (Phi) is 2.82. The quantitative estimate of drug-likeness (QED) is 0.827. The van der Waals surface area contributed by atoms with Crippen LogP contribution in [-0.4, -0.2) is 22.5 Å². The Hall–Kier alpha value is -1.56. The molecule has 0 aliphatic carbocycles. The zero-order valence-corrected chi connectivity index (χ0v) is 10.2. The lowest BCUT2D eigenvalue weighted by Crippen LogP contribution is -2.07.